The minimum atomic E-state index is 0.620. The van der Waals surface area contributed by atoms with Gasteiger partial charge in [0, 0.05) is 47.6 Å². The van der Waals surface area contributed by atoms with Gasteiger partial charge in [0.25, 0.3) is 0 Å². The van der Waals surface area contributed by atoms with Gasteiger partial charge in [0.15, 0.2) is 17.5 Å². The molecule has 4 nitrogen and oxygen atoms in total. The van der Waals surface area contributed by atoms with Gasteiger partial charge in [-0.15, -0.1) is 11.3 Å². The van der Waals surface area contributed by atoms with Crippen LogP contribution in [0.1, 0.15) is 0 Å². The van der Waals surface area contributed by atoms with Crippen LogP contribution in [0.4, 0.5) is 0 Å². The Bertz CT molecular complexity index is 3220. The molecule has 0 aliphatic carbocycles. The fourth-order valence-corrected chi connectivity index (χ4v) is 8.91. The van der Waals surface area contributed by atoms with E-state index in [1.807, 2.05) is 48.5 Å². The highest BCUT2D eigenvalue weighted by molar-refractivity contribution is 7.26. The second kappa shape index (κ2) is 13.3. The van der Waals surface area contributed by atoms with Crippen LogP contribution in [-0.4, -0.2) is 15.0 Å². The Morgan fingerprint density at radius 3 is 1.57 bits per heavy atom. The Morgan fingerprint density at radius 1 is 0.321 bits per heavy atom. The molecule has 0 bridgehead atoms. The average molecular weight is 734 g/mol. The number of aromatic nitrogens is 3. The predicted octanol–water partition coefficient (Wildman–Crippen LogP) is 14.1. The van der Waals surface area contributed by atoms with E-state index in [0.29, 0.717) is 17.5 Å². The number of hydrogen-bond donors (Lipinski definition) is 0. The van der Waals surface area contributed by atoms with E-state index in [1.165, 1.54) is 42.4 Å². The Morgan fingerprint density at radius 2 is 0.857 bits per heavy atom. The summed E-state index contributed by atoms with van der Waals surface area (Å²) in [6.45, 7) is 0. The molecule has 0 N–H and O–H groups in total. The summed E-state index contributed by atoms with van der Waals surface area (Å²) in [5, 5.41) is 4.53. The summed E-state index contributed by atoms with van der Waals surface area (Å²) in [4.78, 5) is 15.3. The molecule has 0 spiro atoms. The van der Waals surface area contributed by atoms with Crippen LogP contribution >= 0.6 is 11.3 Å². The van der Waals surface area contributed by atoms with Crippen molar-refractivity contribution in [1.82, 2.24) is 15.0 Å². The lowest BCUT2D eigenvalue weighted by Crippen LogP contribution is -2.00. The summed E-state index contributed by atoms with van der Waals surface area (Å²) in [6, 6.07) is 65.8. The highest BCUT2D eigenvalue weighted by atomic mass is 32.1. The van der Waals surface area contributed by atoms with Gasteiger partial charge in [0.05, 0.1) is 0 Å². The van der Waals surface area contributed by atoms with Crippen molar-refractivity contribution in [3.05, 3.63) is 188 Å². The number of thiophene rings is 1. The lowest BCUT2D eigenvalue weighted by Gasteiger charge is -2.09. The van der Waals surface area contributed by atoms with Crippen molar-refractivity contribution >= 4 is 53.4 Å². The van der Waals surface area contributed by atoms with Crippen LogP contribution < -0.4 is 0 Å². The largest absolute Gasteiger partial charge is 0.456 e. The van der Waals surface area contributed by atoms with Gasteiger partial charge in [-0.25, -0.2) is 15.0 Å². The molecule has 3 heterocycles. The standard InChI is InChI=1S/C51H31N3OS/c1-3-10-32(11-4-1)33-18-20-34(21-19-33)35-22-24-36(25-23-35)38-26-28-40-44-30-39(27-29-45(44)55-46(40)31-38)50-52-49(37-12-5-2-6-13-37)53-51(54-50)43-16-9-15-42-41-14-7-8-17-47(41)56-48(42)43/h1-31H. The molecule has 0 saturated heterocycles. The molecule has 0 aliphatic heterocycles. The summed E-state index contributed by atoms with van der Waals surface area (Å²) >= 11 is 1.78. The summed E-state index contributed by atoms with van der Waals surface area (Å²) in [5.41, 5.74) is 11.6. The molecule has 8 aromatic carbocycles. The molecule has 262 valence electrons. The van der Waals surface area contributed by atoms with Crippen molar-refractivity contribution in [2.45, 2.75) is 0 Å². The van der Waals surface area contributed by atoms with E-state index < -0.39 is 0 Å². The number of furan rings is 1. The van der Waals surface area contributed by atoms with Crippen LogP contribution in [0, 0.1) is 0 Å². The van der Waals surface area contributed by atoms with Crippen LogP contribution in [0.5, 0.6) is 0 Å². The molecule has 0 saturated carbocycles. The van der Waals surface area contributed by atoms with Crippen molar-refractivity contribution in [2.24, 2.45) is 0 Å². The van der Waals surface area contributed by atoms with Gasteiger partial charge < -0.3 is 4.42 Å². The molecule has 0 amide bonds. The molecule has 11 aromatic rings. The summed E-state index contributed by atoms with van der Waals surface area (Å²) in [6.07, 6.45) is 0. The van der Waals surface area contributed by atoms with Gasteiger partial charge in [-0.05, 0) is 75.8 Å². The lowest BCUT2D eigenvalue weighted by atomic mass is 9.97. The van der Waals surface area contributed by atoms with Gasteiger partial charge in [0.2, 0.25) is 0 Å². The maximum Gasteiger partial charge on any atom is 0.165 e. The third-order valence-corrected chi connectivity index (χ3v) is 11.8. The molecule has 5 heteroatoms. The quantitative estimate of drug-likeness (QED) is 0.171. The van der Waals surface area contributed by atoms with E-state index in [4.69, 9.17) is 19.4 Å². The van der Waals surface area contributed by atoms with Gasteiger partial charge in [-0.3, -0.25) is 0 Å². The van der Waals surface area contributed by atoms with Gasteiger partial charge in [-0.1, -0.05) is 146 Å². The first-order chi connectivity index (χ1) is 27.7. The zero-order valence-corrected chi connectivity index (χ0v) is 30.9. The lowest BCUT2D eigenvalue weighted by molar-refractivity contribution is 0.669. The number of fused-ring (bicyclic) bond motifs is 6. The van der Waals surface area contributed by atoms with Crippen LogP contribution in [0.15, 0.2) is 192 Å². The number of nitrogens with zero attached hydrogens (tertiary/aromatic N) is 3. The first-order valence-corrected chi connectivity index (χ1v) is 19.5. The number of rotatable bonds is 6. The number of hydrogen-bond acceptors (Lipinski definition) is 5. The monoisotopic (exact) mass is 733 g/mol. The molecule has 0 unspecified atom stereocenters. The van der Waals surface area contributed by atoms with E-state index >= 15 is 0 Å². The minimum absolute atomic E-state index is 0.620. The minimum Gasteiger partial charge on any atom is -0.456 e. The summed E-state index contributed by atoms with van der Waals surface area (Å²) < 4.78 is 8.87. The van der Waals surface area contributed by atoms with Gasteiger partial charge >= 0.3 is 0 Å². The maximum absolute atomic E-state index is 6.46. The SMILES string of the molecule is c1ccc(-c2ccc(-c3ccc(-c4ccc5c(c4)oc4ccc(-c6nc(-c7ccccc7)nc(-c7cccc8c7sc7ccccc78)n6)cc45)cc3)cc2)cc1. The maximum atomic E-state index is 6.46. The van der Waals surface area contributed by atoms with Crippen molar-refractivity contribution in [1.29, 1.82) is 0 Å². The summed E-state index contributed by atoms with van der Waals surface area (Å²) in [7, 11) is 0. The zero-order chi connectivity index (χ0) is 37.0. The molecular weight excluding hydrogens is 703 g/mol. The Balaban J connectivity index is 0.951. The first kappa shape index (κ1) is 32.2. The van der Waals surface area contributed by atoms with Crippen LogP contribution in [-0.2, 0) is 0 Å². The van der Waals surface area contributed by atoms with Crippen molar-refractivity contribution in [3.8, 4) is 67.5 Å². The van der Waals surface area contributed by atoms with Gasteiger partial charge in [-0.2, -0.15) is 0 Å². The molecule has 3 aromatic heterocycles. The summed E-state index contributed by atoms with van der Waals surface area (Å²) in [5.74, 6) is 1.92. The molecule has 0 atom stereocenters. The molecule has 0 aliphatic rings. The second-order valence-corrected chi connectivity index (χ2v) is 15.0. The topological polar surface area (TPSA) is 51.8 Å². The van der Waals surface area contributed by atoms with Gasteiger partial charge in [0.1, 0.15) is 11.2 Å². The normalized spacial score (nSPS) is 11.6. The van der Waals surface area contributed by atoms with E-state index in [0.717, 1.165) is 49.8 Å². The molecule has 0 fully saturated rings. The third-order valence-electron chi connectivity index (χ3n) is 10.6. The van der Waals surface area contributed by atoms with E-state index in [-0.39, 0.29) is 0 Å². The smallest absolute Gasteiger partial charge is 0.165 e. The van der Waals surface area contributed by atoms with E-state index in [2.05, 4.69) is 140 Å². The molecule has 56 heavy (non-hydrogen) atoms. The van der Waals surface area contributed by atoms with E-state index in [9.17, 15) is 0 Å². The fourth-order valence-electron chi connectivity index (χ4n) is 7.70. The van der Waals surface area contributed by atoms with Crippen LogP contribution in [0.3, 0.4) is 0 Å². The Kier molecular flexibility index (Phi) is 7.64. The molecule has 0 radical (unpaired) electrons. The average Bonchev–Trinajstić information content (AvgIpc) is 3.85. The third kappa shape index (κ3) is 5.65. The first-order valence-electron chi connectivity index (χ1n) is 18.7. The van der Waals surface area contributed by atoms with Crippen molar-refractivity contribution < 1.29 is 4.42 Å². The van der Waals surface area contributed by atoms with Crippen molar-refractivity contribution in [2.75, 3.05) is 0 Å². The second-order valence-electron chi connectivity index (χ2n) is 14.0. The highest BCUT2D eigenvalue weighted by Crippen LogP contribution is 2.40. The van der Waals surface area contributed by atoms with E-state index in [1.54, 1.807) is 11.3 Å². The zero-order valence-electron chi connectivity index (χ0n) is 30.1. The Hall–Kier alpha value is -7.21. The van der Waals surface area contributed by atoms with Crippen molar-refractivity contribution in [3.63, 3.8) is 0 Å². The Labute approximate surface area is 327 Å². The number of benzene rings is 8. The highest BCUT2D eigenvalue weighted by Gasteiger charge is 2.18. The predicted molar refractivity (Wildman–Crippen MR) is 233 cm³/mol. The molecule has 11 rings (SSSR count). The van der Waals surface area contributed by atoms with Crippen LogP contribution in [0.25, 0.3) is 110 Å². The molecular formula is C51H31N3OS. The van der Waals surface area contributed by atoms with Crippen LogP contribution in [0.2, 0.25) is 0 Å². The fraction of sp³-hybridized carbons (Fsp3) is 0.